The van der Waals surface area contributed by atoms with Gasteiger partial charge in [-0.1, -0.05) is 23.7 Å². The fourth-order valence-electron chi connectivity index (χ4n) is 3.48. The predicted molar refractivity (Wildman–Crippen MR) is 116 cm³/mol. The summed E-state index contributed by atoms with van der Waals surface area (Å²) in [7, 11) is 0. The smallest absolute Gasteiger partial charge is 0.249 e. The van der Waals surface area contributed by atoms with E-state index in [1.165, 1.54) is 0 Å². The molecule has 0 spiro atoms. The topological polar surface area (TPSA) is 85.2 Å². The lowest BCUT2D eigenvalue weighted by Crippen LogP contribution is -2.35. The van der Waals surface area contributed by atoms with E-state index >= 15 is 0 Å². The van der Waals surface area contributed by atoms with Crippen LogP contribution >= 0.6 is 11.6 Å². The molecule has 0 fully saturated rings. The summed E-state index contributed by atoms with van der Waals surface area (Å²) in [5.41, 5.74) is 2.90. The van der Waals surface area contributed by atoms with Crippen LogP contribution in [0.3, 0.4) is 0 Å². The molecular formula is C22H21ClN4O3. The first-order valence-corrected chi connectivity index (χ1v) is 10.0. The van der Waals surface area contributed by atoms with Crippen LogP contribution in [0.1, 0.15) is 24.9 Å². The number of anilines is 2. The van der Waals surface area contributed by atoms with Gasteiger partial charge in [-0.15, -0.1) is 0 Å². The fraction of sp³-hybridized carbons (Fsp3) is 0.227. The van der Waals surface area contributed by atoms with E-state index in [4.69, 9.17) is 16.3 Å². The van der Waals surface area contributed by atoms with Crippen molar-refractivity contribution < 1.29 is 14.3 Å². The molecule has 30 heavy (non-hydrogen) atoms. The number of halogens is 1. The molecule has 0 radical (unpaired) electrons. The highest BCUT2D eigenvalue weighted by molar-refractivity contribution is 6.30. The van der Waals surface area contributed by atoms with Crippen molar-refractivity contribution in [3.8, 4) is 17.0 Å². The summed E-state index contributed by atoms with van der Waals surface area (Å²) in [6.07, 6.45) is 0.00592. The van der Waals surface area contributed by atoms with Crippen LogP contribution in [0.4, 0.5) is 11.5 Å². The Bertz CT molecular complexity index is 1110. The number of nitrogens with one attached hydrogen (secondary N) is 2. The number of nitrogens with zero attached hydrogens (tertiary/aromatic N) is 2. The van der Waals surface area contributed by atoms with E-state index in [0.717, 1.165) is 16.9 Å². The average molecular weight is 425 g/mol. The molecule has 1 unspecified atom stereocenters. The second-order valence-electron chi connectivity index (χ2n) is 6.99. The summed E-state index contributed by atoms with van der Waals surface area (Å²) in [4.78, 5) is 25.3. The lowest BCUT2D eigenvalue weighted by atomic mass is 10.1. The number of amides is 2. The molecule has 3 aromatic rings. The van der Waals surface area contributed by atoms with Crippen LogP contribution in [-0.4, -0.2) is 28.2 Å². The second-order valence-corrected chi connectivity index (χ2v) is 7.43. The van der Waals surface area contributed by atoms with Crippen molar-refractivity contribution in [1.82, 2.24) is 9.78 Å². The zero-order valence-corrected chi connectivity index (χ0v) is 17.4. The number of ether oxygens (including phenoxy) is 1. The molecule has 2 heterocycles. The second kappa shape index (κ2) is 8.20. The highest BCUT2D eigenvalue weighted by Crippen LogP contribution is 2.35. The Kier molecular flexibility index (Phi) is 5.46. The molecule has 1 aliphatic rings. The van der Waals surface area contributed by atoms with Crippen molar-refractivity contribution in [2.45, 2.75) is 26.3 Å². The average Bonchev–Trinajstić information content (AvgIpc) is 3.05. The molecule has 1 aliphatic heterocycles. The molecule has 1 atom stereocenters. The Morgan fingerprint density at radius 1 is 1.30 bits per heavy atom. The van der Waals surface area contributed by atoms with Gasteiger partial charge in [-0.2, -0.15) is 5.10 Å². The summed E-state index contributed by atoms with van der Waals surface area (Å²) in [5.74, 6) is 0.710. The van der Waals surface area contributed by atoms with Crippen molar-refractivity contribution in [3.05, 3.63) is 59.1 Å². The van der Waals surface area contributed by atoms with Crippen molar-refractivity contribution in [2.24, 2.45) is 0 Å². The molecule has 0 saturated carbocycles. The van der Waals surface area contributed by atoms with Crippen molar-refractivity contribution >= 4 is 34.9 Å². The van der Waals surface area contributed by atoms with Crippen molar-refractivity contribution in [2.75, 3.05) is 17.2 Å². The number of aromatic nitrogens is 2. The first kappa shape index (κ1) is 20.0. The first-order valence-electron chi connectivity index (χ1n) is 9.65. The molecule has 154 valence electrons. The predicted octanol–water partition coefficient (Wildman–Crippen LogP) is 4.43. The number of fused-ring (bicyclic) bond motifs is 1. The minimum atomic E-state index is -0.757. The summed E-state index contributed by atoms with van der Waals surface area (Å²) in [6, 6.07) is 13.7. The van der Waals surface area contributed by atoms with Gasteiger partial charge in [0.25, 0.3) is 0 Å². The monoisotopic (exact) mass is 424 g/mol. The number of carbonyl (C=O) groups excluding carboxylic acids is 2. The molecule has 2 N–H and O–H groups in total. The van der Waals surface area contributed by atoms with E-state index in [1.807, 2.05) is 26.0 Å². The third-order valence-electron chi connectivity index (χ3n) is 4.91. The van der Waals surface area contributed by atoms with Gasteiger partial charge in [-0.3, -0.25) is 9.59 Å². The maximum Gasteiger partial charge on any atom is 0.249 e. The van der Waals surface area contributed by atoms with E-state index in [1.54, 1.807) is 41.1 Å². The van der Waals surface area contributed by atoms with Crippen molar-refractivity contribution in [1.29, 1.82) is 0 Å². The Balaban J connectivity index is 1.63. The van der Waals surface area contributed by atoms with Gasteiger partial charge in [0.15, 0.2) is 0 Å². The van der Waals surface area contributed by atoms with Gasteiger partial charge in [-0.05, 0) is 50.2 Å². The fourth-order valence-corrected chi connectivity index (χ4v) is 3.67. The maximum atomic E-state index is 13.0. The standard InChI is InChI=1S/C22H21ClN4O3/c1-3-30-17-9-7-16(8-10-17)24-22(29)18-12-19(28)25-21-13(2)20(26-27(18)21)14-5-4-6-15(23)11-14/h4-11,18H,3,12H2,1-2H3,(H,24,29)(H,25,28). The van der Waals surface area contributed by atoms with E-state index in [0.29, 0.717) is 28.8 Å². The van der Waals surface area contributed by atoms with Gasteiger partial charge < -0.3 is 15.4 Å². The zero-order valence-electron chi connectivity index (χ0n) is 16.6. The largest absolute Gasteiger partial charge is 0.494 e. The summed E-state index contributed by atoms with van der Waals surface area (Å²) < 4.78 is 7.00. The Morgan fingerprint density at radius 3 is 2.77 bits per heavy atom. The minimum absolute atomic E-state index is 0.00592. The third-order valence-corrected chi connectivity index (χ3v) is 5.15. The molecule has 8 heteroatoms. The van der Waals surface area contributed by atoms with Crippen LogP contribution in [0.15, 0.2) is 48.5 Å². The Labute approximate surface area is 179 Å². The number of benzene rings is 2. The van der Waals surface area contributed by atoms with Crippen LogP contribution in [0.25, 0.3) is 11.3 Å². The minimum Gasteiger partial charge on any atom is -0.494 e. The molecule has 0 saturated heterocycles. The molecule has 4 rings (SSSR count). The lowest BCUT2D eigenvalue weighted by molar-refractivity contribution is -0.125. The molecule has 0 bridgehead atoms. The molecular weight excluding hydrogens is 404 g/mol. The van der Waals surface area contributed by atoms with Gasteiger partial charge in [0.05, 0.1) is 18.7 Å². The van der Waals surface area contributed by atoms with Crippen LogP contribution in [0.2, 0.25) is 5.02 Å². The van der Waals surface area contributed by atoms with E-state index < -0.39 is 6.04 Å². The van der Waals surface area contributed by atoms with E-state index in [-0.39, 0.29) is 18.2 Å². The summed E-state index contributed by atoms with van der Waals surface area (Å²) in [6.45, 7) is 4.34. The number of hydrogen-bond donors (Lipinski definition) is 2. The summed E-state index contributed by atoms with van der Waals surface area (Å²) in [5, 5.41) is 10.9. The van der Waals surface area contributed by atoms with Crippen LogP contribution in [0, 0.1) is 6.92 Å². The van der Waals surface area contributed by atoms with Crippen molar-refractivity contribution in [3.63, 3.8) is 0 Å². The normalized spacial score (nSPS) is 15.3. The van der Waals surface area contributed by atoms with Crippen LogP contribution in [-0.2, 0) is 9.59 Å². The van der Waals surface area contributed by atoms with E-state index in [9.17, 15) is 9.59 Å². The van der Waals surface area contributed by atoms with Crippen LogP contribution in [0.5, 0.6) is 5.75 Å². The molecule has 0 aliphatic carbocycles. The van der Waals surface area contributed by atoms with Gasteiger partial charge in [0, 0.05) is 21.8 Å². The Morgan fingerprint density at radius 2 is 2.07 bits per heavy atom. The third kappa shape index (κ3) is 3.89. The van der Waals surface area contributed by atoms with Gasteiger partial charge >= 0.3 is 0 Å². The Hall–Kier alpha value is -3.32. The number of hydrogen-bond acceptors (Lipinski definition) is 4. The van der Waals surface area contributed by atoms with E-state index in [2.05, 4.69) is 15.7 Å². The molecule has 2 aromatic carbocycles. The van der Waals surface area contributed by atoms with Gasteiger partial charge in [-0.25, -0.2) is 4.68 Å². The zero-order chi connectivity index (χ0) is 21.3. The number of rotatable bonds is 5. The van der Waals surface area contributed by atoms with Crippen LogP contribution < -0.4 is 15.4 Å². The first-order chi connectivity index (χ1) is 14.5. The number of carbonyl (C=O) groups is 2. The van der Waals surface area contributed by atoms with Gasteiger partial charge in [0.2, 0.25) is 11.8 Å². The SMILES string of the molecule is CCOc1ccc(NC(=O)C2CC(=O)Nc3c(C)c(-c4cccc(Cl)c4)nn32)cc1. The highest BCUT2D eigenvalue weighted by atomic mass is 35.5. The quantitative estimate of drug-likeness (QED) is 0.634. The lowest BCUT2D eigenvalue weighted by Gasteiger charge is -2.24. The van der Waals surface area contributed by atoms with Gasteiger partial charge in [0.1, 0.15) is 17.6 Å². The molecule has 2 amide bonds. The molecule has 1 aromatic heterocycles. The summed E-state index contributed by atoms with van der Waals surface area (Å²) >= 11 is 6.12. The maximum absolute atomic E-state index is 13.0. The molecule has 7 nitrogen and oxygen atoms in total. The highest BCUT2D eigenvalue weighted by Gasteiger charge is 2.34.